The van der Waals surface area contributed by atoms with Crippen LogP contribution in [0.2, 0.25) is 0 Å². The maximum absolute atomic E-state index is 12.4. The smallest absolute Gasteiger partial charge is 0.359 e. The number of piperidine rings is 1. The third-order valence-corrected chi connectivity index (χ3v) is 4.85. The average molecular weight is 316 g/mol. The van der Waals surface area contributed by atoms with Crippen molar-refractivity contribution in [3.8, 4) is 0 Å². The summed E-state index contributed by atoms with van der Waals surface area (Å²) in [6.07, 6.45) is 0.784. The zero-order valence-corrected chi connectivity index (χ0v) is 12.2. The van der Waals surface area contributed by atoms with E-state index < -0.39 is 15.5 Å². The largest absolute Gasteiger partial charge is 0.511 e. The summed E-state index contributed by atoms with van der Waals surface area (Å²) in [7, 11) is -1.88. The summed E-state index contributed by atoms with van der Waals surface area (Å²) in [5, 5.41) is 5.85. The van der Waals surface area contributed by atoms with Gasteiger partial charge in [0.05, 0.1) is 0 Å². The van der Waals surface area contributed by atoms with Gasteiger partial charge in [0.15, 0.2) is 5.96 Å². The van der Waals surface area contributed by atoms with Gasteiger partial charge in [0, 0.05) is 33.7 Å². The molecule has 1 heterocycles. The Hall–Kier alpha value is -1.03. The van der Waals surface area contributed by atoms with E-state index in [2.05, 4.69) is 15.6 Å². The Labute approximate surface area is 116 Å². The summed E-state index contributed by atoms with van der Waals surface area (Å²) < 4.78 is 60.2. The van der Waals surface area contributed by atoms with Crippen LogP contribution in [0.15, 0.2) is 4.99 Å². The molecular formula is C10H19F3N4O2S. The summed E-state index contributed by atoms with van der Waals surface area (Å²) in [5.41, 5.74) is -5.22. The Bertz CT molecular complexity index is 442. The van der Waals surface area contributed by atoms with Crippen LogP contribution in [0, 0.1) is 5.92 Å². The van der Waals surface area contributed by atoms with Gasteiger partial charge in [-0.2, -0.15) is 17.5 Å². The number of alkyl halides is 3. The standard InChI is InChI=1S/C10H19F3N4O2S/c1-14-9(15-2)16-7-8-3-5-17(6-4-8)20(18,19)10(11,12)13/h8H,3-7H2,1-2H3,(H2,14,15,16). The van der Waals surface area contributed by atoms with Crippen LogP contribution in [-0.4, -0.2) is 57.9 Å². The predicted octanol–water partition coefficient (Wildman–Crippen LogP) is 0.343. The van der Waals surface area contributed by atoms with Gasteiger partial charge >= 0.3 is 15.5 Å². The fourth-order valence-electron chi connectivity index (χ4n) is 2.02. The van der Waals surface area contributed by atoms with E-state index in [0.717, 1.165) is 0 Å². The first-order chi connectivity index (χ1) is 9.22. The van der Waals surface area contributed by atoms with Gasteiger partial charge in [-0.1, -0.05) is 0 Å². The van der Waals surface area contributed by atoms with E-state index in [9.17, 15) is 21.6 Å². The molecule has 0 aromatic carbocycles. The molecule has 0 aromatic rings. The van der Waals surface area contributed by atoms with Crippen LogP contribution < -0.4 is 10.6 Å². The second-order valence-electron chi connectivity index (χ2n) is 4.50. The number of hydrogen-bond donors (Lipinski definition) is 2. The molecule has 0 aliphatic carbocycles. The number of aliphatic imine (C=N–C) groups is 1. The molecule has 1 aliphatic rings. The zero-order valence-electron chi connectivity index (χ0n) is 11.4. The number of guanidine groups is 1. The molecule has 0 unspecified atom stereocenters. The lowest BCUT2D eigenvalue weighted by Gasteiger charge is -2.31. The van der Waals surface area contributed by atoms with Crippen LogP contribution in [-0.2, 0) is 10.0 Å². The Morgan fingerprint density at radius 3 is 2.30 bits per heavy atom. The van der Waals surface area contributed by atoms with E-state index in [4.69, 9.17) is 0 Å². The molecule has 1 rings (SSSR count). The first-order valence-corrected chi connectivity index (χ1v) is 7.61. The van der Waals surface area contributed by atoms with Crippen LogP contribution in [0.5, 0.6) is 0 Å². The number of nitrogens with one attached hydrogen (secondary N) is 2. The fraction of sp³-hybridized carbons (Fsp3) is 0.900. The molecule has 0 atom stereocenters. The number of halogens is 3. The molecule has 0 saturated carbocycles. The van der Waals surface area contributed by atoms with Crippen molar-refractivity contribution in [3.05, 3.63) is 0 Å². The molecule has 1 aliphatic heterocycles. The summed E-state index contributed by atoms with van der Waals surface area (Å²) >= 11 is 0. The molecule has 1 fully saturated rings. The van der Waals surface area contributed by atoms with Crippen molar-refractivity contribution in [2.75, 3.05) is 33.7 Å². The molecule has 0 aromatic heterocycles. The van der Waals surface area contributed by atoms with Crippen molar-refractivity contribution >= 4 is 16.0 Å². The van der Waals surface area contributed by atoms with Gasteiger partial charge in [0.25, 0.3) is 0 Å². The number of hydrogen-bond acceptors (Lipinski definition) is 3. The molecule has 2 N–H and O–H groups in total. The first kappa shape index (κ1) is 17.0. The van der Waals surface area contributed by atoms with E-state index in [0.29, 0.717) is 29.7 Å². The predicted molar refractivity (Wildman–Crippen MR) is 69.7 cm³/mol. The van der Waals surface area contributed by atoms with E-state index in [1.807, 2.05) is 0 Å². The lowest BCUT2D eigenvalue weighted by atomic mass is 9.98. The van der Waals surface area contributed by atoms with Crippen molar-refractivity contribution in [2.45, 2.75) is 18.3 Å². The Morgan fingerprint density at radius 1 is 1.35 bits per heavy atom. The van der Waals surface area contributed by atoms with Gasteiger partial charge in [-0.15, -0.1) is 0 Å². The summed E-state index contributed by atoms with van der Waals surface area (Å²) in [6, 6.07) is 0. The van der Waals surface area contributed by atoms with Crippen LogP contribution in [0.4, 0.5) is 13.2 Å². The second kappa shape index (κ2) is 6.61. The van der Waals surface area contributed by atoms with Crippen LogP contribution in [0.1, 0.15) is 12.8 Å². The number of nitrogens with zero attached hydrogens (tertiary/aromatic N) is 2. The molecule has 0 radical (unpaired) electrons. The lowest BCUT2D eigenvalue weighted by molar-refractivity contribution is -0.0496. The lowest BCUT2D eigenvalue weighted by Crippen LogP contribution is -2.47. The zero-order chi connectivity index (χ0) is 15.4. The van der Waals surface area contributed by atoms with Crippen molar-refractivity contribution in [1.82, 2.24) is 14.9 Å². The monoisotopic (exact) mass is 316 g/mol. The molecule has 0 spiro atoms. The average Bonchev–Trinajstić information content (AvgIpc) is 2.39. The van der Waals surface area contributed by atoms with Gasteiger partial charge in [-0.05, 0) is 18.8 Å². The van der Waals surface area contributed by atoms with Crippen LogP contribution in [0.25, 0.3) is 0 Å². The fourth-order valence-corrected chi connectivity index (χ4v) is 3.00. The minimum Gasteiger partial charge on any atom is -0.359 e. The maximum Gasteiger partial charge on any atom is 0.511 e. The molecule has 1 saturated heterocycles. The SMILES string of the molecule is CN=C(NC)NCC1CCN(S(=O)(=O)C(F)(F)F)CC1. The van der Waals surface area contributed by atoms with E-state index in [-0.39, 0.29) is 19.0 Å². The third-order valence-electron chi connectivity index (χ3n) is 3.22. The molecule has 118 valence electrons. The van der Waals surface area contributed by atoms with Crippen molar-refractivity contribution in [1.29, 1.82) is 0 Å². The quantitative estimate of drug-likeness (QED) is 0.582. The highest BCUT2D eigenvalue weighted by Crippen LogP contribution is 2.30. The van der Waals surface area contributed by atoms with Crippen molar-refractivity contribution < 1.29 is 21.6 Å². The van der Waals surface area contributed by atoms with E-state index >= 15 is 0 Å². The minimum absolute atomic E-state index is 0.105. The van der Waals surface area contributed by atoms with Crippen LogP contribution in [0.3, 0.4) is 0 Å². The van der Waals surface area contributed by atoms with Gasteiger partial charge in [0.2, 0.25) is 0 Å². The maximum atomic E-state index is 12.4. The topological polar surface area (TPSA) is 73.8 Å². The van der Waals surface area contributed by atoms with Crippen molar-refractivity contribution in [3.63, 3.8) is 0 Å². The van der Waals surface area contributed by atoms with Gasteiger partial charge in [-0.3, -0.25) is 4.99 Å². The first-order valence-electron chi connectivity index (χ1n) is 6.17. The molecule has 6 nitrogen and oxygen atoms in total. The Balaban J connectivity index is 2.49. The molecule has 0 amide bonds. The summed E-state index contributed by atoms with van der Waals surface area (Å²) in [4.78, 5) is 3.92. The highest BCUT2D eigenvalue weighted by atomic mass is 32.2. The van der Waals surface area contributed by atoms with E-state index in [1.54, 1.807) is 14.1 Å². The third kappa shape index (κ3) is 3.98. The minimum atomic E-state index is -5.22. The second-order valence-corrected chi connectivity index (χ2v) is 6.43. The summed E-state index contributed by atoms with van der Waals surface area (Å²) in [6.45, 7) is 0.339. The molecular weight excluding hydrogens is 297 g/mol. The highest BCUT2D eigenvalue weighted by Gasteiger charge is 2.50. The van der Waals surface area contributed by atoms with Gasteiger partial charge in [0.1, 0.15) is 0 Å². The molecule has 20 heavy (non-hydrogen) atoms. The Kier molecular flexibility index (Phi) is 5.63. The van der Waals surface area contributed by atoms with E-state index in [1.165, 1.54) is 0 Å². The van der Waals surface area contributed by atoms with Gasteiger partial charge in [-0.25, -0.2) is 8.42 Å². The number of sulfonamides is 1. The molecule has 0 bridgehead atoms. The van der Waals surface area contributed by atoms with Gasteiger partial charge < -0.3 is 10.6 Å². The molecule has 10 heteroatoms. The normalized spacial score (nSPS) is 19.9. The van der Waals surface area contributed by atoms with Crippen LogP contribution >= 0.6 is 0 Å². The summed E-state index contributed by atoms with van der Waals surface area (Å²) in [5.74, 6) is 0.718. The highest BCUT2D eigenvalue weighted by molar-refractivity contribution is 7.90. The number of rotatable bonds is 3. The Morgan fingerprint density at radius 2 is 1.90 bits per heavy atom. The van der Waals surface area contributed by atoms with Crippen molar-refractivity contribution in [2.24, 2.45) is 10.9 Å².